The summed E-state index contributed by atoms with van der Waals surface area (Å²) in [5.74, 6) is 0.222. The molecule has 2 aromatic rings. The number of rotatable bonds is 6. The summed E-state index contributed by atoms with van der Waals surface area (Å²) in [5.41, 5.74) is 3.28. The van der Waals surface area contributed by atoms with Crippen LogP contribution in [0.3, 0.4) is 0 Å². The van der Waals surface area contributed by atoms with Crippen LogP contribution in [0.4, 0.5) is 0 Å². The Kier molecular flexibility index (Phi) is 6.87. The molecule has 2 aliphatic heterocycles. The van der Waals surface area contributed by atoms with Crippen molar-refractivity contribution in [3.05, 3.63) is 65.5 Å². The Balaban J connectivity index is 1.32. The Morgan fingerprint density at radius 2 is 1.83 bits per heavy atom. The average molecular weight is 396 g/mol. The Labute approximate surface area is 172 Å². The van der Waals surface area contributed by atoms with Gasteiger partial charge in [-0.25, -0.2) is 0 Å². The lowest BCUT2D eigenvalue weighted by molar-refractivity contribution is -0.136. The van der Waals surface area contributed by atoms with Gasteiger partial charge in [-0.2, -0.15) is 0 Å². The highest BCUT2D eigenvalue weighted by Crippen LogP contribution is 2.22. The molecular formula is C23H29N3O3. The number of hydrogen-bond acceptors (Lipinski definition) is 5. The normalized spacial score (nSPS) is 20.6. The minimum Gasteiger partial charge on any atom is -0.378 e. The smallest absolute Gasteiger partial charge is 0.224 e. The van der Waals surface area contributed by atoms with Crippen molar-refractivity contribution in [2.24, 2.45) is 0 Å². The van der Waals surface area contributed by atoms with Crippen LogP contribution in [-0.4, -0.2) is 73.2 Å². The number of benzene rings is 1. The summed E-state index contributed by atoms with van der Waals surface area (Å²) in [7, 11) is 0. The molecule has 6 heteroatoms. The van der Waals surface area contributed by atoms with Crippen molar-refractivity contribution in [3.8, 4) is 0 Å². The number of pyridine rings is 1. The fourth-order valence-electron chi connectivity index (χ4n) is 3.89. The molecule has 0 unspecified atom stereocenters. The van der Waals surface area contributed by atoms with Crippen LogP contribution in [0.1, 0.15) is 29.5 Å². The number of hydrogen-bond donors (Lipinski definition) is 0. The van der Waals surface area contributed by atoms with Crippen molar-refractivity contribution in [3.63, 3.8) is 0 Å². The summed E-state index contributed by atoms with van der Waals surface area (Å²) in [5, 5.41) is 0. The van der Waals surface area contributed by atoms with E-state index in [-0.39, 0.29) is 12.0 Å². The summed E-state index contributed by atoms with van der Waals surface area (Å²) in [6.07, 6.45) is 1.32. The van der Waals surface area contributed by atoms with E-state index in [1.807, 2.05) is 17.0 Å². The molecule has 3 heterocycles. The Morgan fingerprint density at radius 3 is 2.66 bits per heavy atom. The van der Waals surface area contributed by atoms with Crippen LogP contribution in [-0.2, 0) is 20.7 Å². The molecule has 0 bridgehead atoms. The molecule has 1 aromatic heterocycles. The first kappa shape index (κ1) is 20.0. The molecule has 0 N–H and O–H groups in total. The highest BCUT2D eigenvalue weighted by atomic mass is 16.5. The van der Waals surface area contributed by atoms with Gasteiger partial charge in [0, 0.05) is 51.3 Å². The molecule has 1 amide bonds. The van der Waals surface area contributed by atoms with Crippen LogP contribution in [0.2, 0.25) is 0 Å². The van der Waals surface area contributed by atoms with Gasteiger partial charge in [-0.05, 0) is 17.7 Å². The first-order valence-corrected chi connectivity index (χ1v) is 10.5. The zero-order chi connectivity index (χ0) is 19.9. The summed E-state index contributed by atoms with van der Waals surface area (Å²) in [4.78, 5) is 21.5. The van der Waals surface area contributed by atoms with Gasteiger partial charge in [-0.15, -0.1) is 0 Å². The van der Waals surface area contributed by atoms with Crippen LogP contribution in [0.5, 0.6) is 0 Å². The number of ether oxygens (including phenoxy) is 2. The van der Waals surface area contributed by atoms with Gasteiger partial charge in [0.15, 0.2) is 0 Å². The monoisotopic (exact) mass is 395 g/mol. The van der Waals surface area contributed by atoms with Gasteiger partial charge in [-0.1, -0.05) is 36.4 Å². The van der Waals surface area contributed by atoms with E-state index in [0.29, 0.717) is 39.3 Å². The van der Waals surface area contributed by atoms with E-state index >= 15 is 0 Å². The van der Waals surface area contributed by atoms with E-state index in [2.05, 4.69) is 41.3 Å². The third-order valence-corrected chi connectivity index (χ3v) is 5.54. The SMILES string of the molecule is O=C(CCN1CCO[C@@H](c2cccc(Cc3ccccc3)n2)C1)N1CCOCC1. The first-order valence-electron chi connectivity index (χ1n) is 10.5. The molecule has 154 valence electrons. The fourth-order valence-corrected chi connectivity index (χ4v) is 3.89. The number of amides is 1. The maximum atomic E-state index is 12.4. The second-order valence-corrected chi connectivity index (χ2v) is 7.62. The topological polar surface area (TPSA) is 54.9 Å². The molecule has 0 spiro atoms. The van der Waals surface area contributed by atoms with Crippen LogP contribution in [0, 0.1) is 0 Å². The molecule has 0 radical (unpaired) electrons. The summed E-state index contributed by atoms with van der Waals surface area (Å²) < 4.78 is 11.3. The molecule has 1 atom stereocenters. The Hall–Kier alpha value is -2.28. The van der Waals surface area contributed by atoms with E-state index in [0.717, 1.165) is 37.4 Å². The average Bonchev–Trinajstić information content (AvgIpc) is 2.79. The van der Waals surface area contributed by atoms with Crippen molar-refractivity contribution < 1.29 is 14.3 Å². The standard InChI is InChI=1S/C23H29N3O3/c27-23(26-12-14-28-15-13-26)9-10-25-11-16-29-22(18-25)21-8-4-7-20(24-21)17-19-5-2-1-3-6-19/h1-8,22H,9-18H2/t22-/m1/s1. The predicted molar refractivity (Wildman–Crippen MR) is 111 cm³/mol. The summed E-state index contributed by atoms with van der Waals surface area (Å²) in [6.45, 7) is 5.79. The van der Waals surface area contributed by atoms with E-state index in [1.54, 1.807) is 0 Å². The Bertz CT molecular complexity index is 793. The van der Waals surface area contributed by atoms with Crippen molar-refractivity contribution in [2.45, 2.75) is 18.9 Å². The van der Waals surface area contributed by atoms with Crippen LogP contribution in [0.25, 0.3) is 0 Å². The van der Waals surface area contributed by atoms with E-state index in [9.17, 15) is 4.79 Å². The van der Waals surface area contributed by atoms with Crippen LogP contribution < -0.4 is 0 Å². The minimum absolute atomic E-state index is 0.0436. The maximum absolute atomic E-state index is 12.4. The molecule has 1 aromatic carbocycles. The molecule has 2 saturated heterocycles. The lowest BCUT2D eigenvalue weighted by atomic mass is 10.1. The second kappa shape index (κ2) is 9.96. The Morgan fingerprint density at radius 1 is 1.00 bits per heavy atom. The van der Waals surface area contributed by atoms with Gasteiger partial charge in [-0.3, -0.25) is 14.7 Å². The lowest BCUT2D eigenvalue weighted by Gasteiger charge is -2.33. The molecule has 0 saturated carbocycles. The maximum Gasteiger partial charge on any atom is 0.224 e. The number of nitrogens with zero attached hydrogens (tertiary/aromatic N) is 3. The second-order valence-electron chi connectivity index (χ2n) is 7.62. The third kappa shape index (κ3) is 5.63. The van der Waals surface area contributed by atoms with Crippen LogP contribution in [0.15, 0.2) is 48.5 Å². The quantitative estimate of drug-likeness (QED) is 0.751. The molecule has 6 nitrogen and oxygen atoms in total. The van der Waals surface area contributed by atoms with Gasteiger partial charge in [0.2, 0.25) is 5.91 Å². The highest BCUT2D eigenvalue weighted by Gasteiger charge is 2.24. The predicted octanol–water partition coefficient (Wildman–Crippen LogP) is 2.29. The number of morpholine rings is 2. The summed E-state index contributed by atoms with van der Waals surface area (Å²) in [6, 6.07) is 16.6. The fraction of sp³-hybridized carbons (Fsp3) is 0.478. The van der Waals surface area contributed by atoms with Gasteiger partial charge >= 0.3 is 0 Å². The van der Waals surface area contributed by atoms with E-state index < -0.39 is 0 Å². The van der Waals surface area contributed by atoms with Gasteiger partial charge in [0.25, 0.3) is 0 Å². The zero-order valence-corrected chi connectivity index (χ0v) is 16.8. The van der Waals surface area contributed by atoms with Crippen LogP contribution >= 0.6 is 0 Å². The van der Waals surface area contributed by atoms with E-state index in [1.165, 1.54) is 5.56 Å². The number of carbonyl (C=O) groups is 1. The largest absolute Gasteiger partial charge is 0.378 e. The third-order valence-electron chi connectivity index (χ3n) is 5.54. The molecule has 2 fully saturated rings. The van der Waals surface area contributed by atoms with Crippen molar-refractivity contribution in [1.29, 1.82) is 0 Å². The molecule has 4 rings (SSSR count). The van der Waals surface area contributed by atoms with Crippen molar-refractivity contribution >= 4 is 5.91 Å². The zero-order valence-electron chi connectivity index (χ0n) is 16.8. The van der Waals surface area contributed by atoms with Crippen molar-refractivity contribution in [2.75, 3.05) is 52.5 Å². The van der Waals surface area contributed by atoms with Gasteiger partial charge in [0.1, 0.15) is 6.10 Å². The first-order chi connectivity index (χ1) is 14.3. The van der Waals surface area contributed by atoms with Gasteiger partial charge < -0.3 is 14.4 Å². The van der Waals surface area contributed by atoms with E-state index in [4.69, 9.17) is 14.5 Å². The molecule has 0 aliphatic carbocycles. The van der Waals surface area contributed by atoms with Crippen molar-refractivity contribution in [1.82, 2.24) is 14.8 Å². The molecule has 2 aliphatic rings. The molecule has 29 heavy (non-hydrogen) atoms. The summed E-state index contributed by atoms with van der Waals surface area (Å²) >= 11 is 0. The minimum atomic E-state index is -0.0436. The van der Waals surface area contributed by atoms with Gasteiger partial charge in [0.05, 0.1) is 25.5 Å². The number of carbonyl (C=O) groups excluding carboxylic acids is 1. The highest BCUT2D eigenvalue weighted by molar-refractivity contribution is 5.76. The number of aromatic nitrogens is 1. The lowest BCUT2D eigenvalue weighted by Crippen LogP contribution is -2.44. The molecular weight excluding hydrogens is 366 g/mol.